The van der Waals surface area contributed by atoms with E-state index in [1.54, 1.807) is 17.0 Å². The molecule has 1 aliphatic rings. The van der Waals surface area contributed by atoms with Gasteiger partial charge in [-0.15, -0.1) is 0 Å². The molecule has 1 aromatic carbocycles. The number of aryl methyl sites for hydroxylation is 1. The Hall–Kier alpha value is -1.60. The van der Waals surface area contributed by atoms with Gasteiger partial charge in [0.1, 0.15) is 5.60 Å². The van der Waals surface area contributed by atoms with Crippen molar-refractivity contribution in [2.75, 3.05) is 13.2 Å². The van der Waals surface area contributed by atoms with Crippen molar-refractivity contribution in [3.63, 3.8) is 0 Å². The highest BCUT2D eigenvalue weighted by Gasteiger charge is 2.41. The molecule has 0 radical (unpaired) electrons. The average Bonchev–Trinajstić information content (AvgIpc) is 2.44. The highest BCUT2D eigenvalue weighted by atomic mass is 32.2. The van der Waals surface area contributed by atoms with Gasteiger partial charge in [0.05, 0.1) is 11.5 Å². The van der Waals surface area contributed by atoms with Crippen LogP contribution in [-0.2, 0) is 19.0 Å². The van der Waals surface area contributed by atoms with Gasteiger partial charge in [0.25, 0.3) is 10.1 Å². The van der Waals surface area contributed by atoms with E-state index in [1.165, 1.54) is 12.1 Å². The van der Waals surface area contributed by atoms with Gasteiger partial charge in [0.2, 0.25) is 0 Å². The Kier molecular flexibility index (Phi) is 5.25. The maximum absolute atomic E-state index is 12.2. The Morgan fingerprint density at radius 2 is 1.83 bits per heavy atom. The molecule has 0 aliphatic carbocycles. The van der Waals surface area contributed by atoms with Crippen LogP contribution in [0.5, 0.6) is 0 Å². The Balaban J connectivity index is 1.88. The zero-order chi connectivity index (χ0) is 18.1. The number of likely N-dealkylation sites (tertiary alicyclic amines) is 1. The van der Waals surface area contributed by atoms with Crippen molar-refractivity contribution >= 4 is 16.2 Å². The minimum atomic E-state index is -3.77. The fraction of sp³-hybridized carbons (Fsp3) is 0.588. The molecule has 6 nitrogen and oxygen atoms in total. The van der Waals surface area contributed by atoms with E-state index in [2.05, 4.69) is 0 Å². The summed E-state index contributed by atoms with van der Waals surface area (Å²) in [4.78, 5) is 13.7. The quantitative estimate of drug-likeness (QED) is 0.777. The number of benzene rings is 1. The minimum absolute atomic E-state index is 0.0299. The minimum Gasteiger partial charge on any atom is -0.444 e. The molecule has 2 rings (SSSR count). The van der Waals surface area contributed by atoms with E-state index in [9.17, 15) is 13.2 Å². The lowest BCUT2D eigenvalue weighted by atomic mass is 9.91. The van der Waals surface area contributed by atoms with E-state index in [4.69, 9.17) is 8.92 Å². The molecule has 0 N–H and O–H groups in total. The average molecular weight is 355 g/mol. The first-order valence-corrected chi connectivity index (χ1v) is 9.36. The first-order chi connectivity index (χ1) is 11.0. The number of ether oxygens (including phenoxy) is 1. The summed E-state index contributed by atoms with van der Waals surface area (Å²) in [5.41, 5.74) is 0.433. The second-order valence-electron chi connectivity index (χ2n) is 7.19. The Morgan fingerprint density at radius 1 is 1.25 bits per heavy atom. The van der Waals surface area contributed by atoms with Crippen LogP contribution in [-0.4, -0.2) is 44.2 Å². The Morgan fingerprint density at radius 3 is 2.33 bits per heavy atom. The maximum Gasteiger partial charge on any atom is 0.410 e. The third kappa shape index (κ3) is 4.48. The molecule has 134 valence electrons. The van der Waals surface area contributed by atoms with Crippen molar-refractivity contribution in [1.82, 2.24) is 4.90 Å². The second-order valence-corrected chi connectivity index (χ2v) is 8.80. The van der Waals surface area contributed by atoms with Crippen LogP contribution >= 0.6 is 0 Å². The third-order valence-electron chi connectivity index (χ3n) is 3.98. The zero-order valence-electron chi connectivity index (χ0n) is 14.8. The normalized spacial score (nSPS) is 21.3. The molecule has 2 unspecified atom stereocenters. The lowest BCUT2D eigenvalue weighted by Crippen LogP contribution is -2.59. The second kappa shape index (κ2) is 6.72. The largest absolute Gasteiger partial charge is 0.444 e. The molecule has 0 saturated carbocycles. The number of carbonyl (C=O) groups excluding carboxylic acids is 1. The number of carbonyl (C=O) groups is 1. The van der Waals surface area contributed by atoms with Crippen LogP contribution in [0.1, 0.15) is 33.3 Å². The van der Waals surface area contributed by atoms with Crippen molar-refractivity contribution in [2.45, 2.75) is 51.2 Å². The van der Waals surface area contributed by atoms with Gasteiger partial charge in [0.15, 0.2) is 0 Å². The monoisotopic (exact) mass is 355 g/mol. The van der Waals surface area contributed by atoms with Crippen molar-refractivity contribution in [1.29, 1.82) is 0 Å². The molecule has 0 bridgehead atoms. The summed E-state index contributed by atoms with van der Waals surface area (Å²) in [6.07, 6.45) is -0.382. The van der Waals surface area contributed by atoms with Gasteiger partial charge in [-0.05, 0) is 46.8 Å². The van der Waals surface area contributed by atoms with E-state index in [0.29, 0.717) is 6.54 Å². The van der Waals surface area contributed by atoms with Gasteiger partial charge in [-0.3, -0.25) is 4.18 Å². The zero-order valence-corrected chi connectivity index (χ0v) is 15.6. The maximum atomic E-state index is 12.2. The number of amides is 1. The van der Waals surface area contributed by atoms with E-state index < -0.39 is 15.7 Å². The molecular formula is C17H25NO5S. The number of hydrogen-bond donors (Lipinski definition) is 0. The van der Waals surface area contributed by atoms with Gasteiger partial charge in [-0.25, -0.2) is 4.79 Å². The van der Waals surface area contributed by atoms with Crippen LogP contribution in [0.25, 0.3) is 0 Å². The number of rotatable bonds is 4. The first kappa shape index (κ1) is 18.7. The standard InChI is InChI=1S/C17H25NO5S/c1-12-6-8-15(9-7-12)24(20,21)22-11-14-10-18(13(14)2)16(19)23-17(3,4)5/h6-9,13-14H,10-11H2,1-5H3. The molecule has 24 heavy (non-hydrogen) atoms. The van der Waals surface area contributed by atoms with Gasteiger partial charge in [-0.2, -0.15) is 8.42 Å². The number of hydrogen-bond acceptors (Lipinski definition) is 5. The fourth-order valence-electron chi connectivity index (χ4n) is 2.39. The van der Waals surface area contributed by atoms with Crippen LogP contribution in [0.3, 0.4) is 0 Å². The predicted molar refractivity (Wildman–Crippen MR) is 90.2 cm³/mol. The molecule has 1 heterocycles. The van der Waals surface area contributed by atoms with Crippen molar-refractivity contribution < 1.29 is 22.1 Å². The van der Waals surface area contributed by atoms with Crippen LogP contribution < -0.4 is 0 Å². The van der Waals surface area contributed by atoms with Gasteiger partial charge >= 0.3 is 6.09 Å². The molecule has 1 amide bonds. The van der Waals surface area contributed by atoms with E-state index in [1.807, 2.05) is 34.6 Å². The summed E-state index contributed by atoms with van der Waals surface area (Å²) < 4.78 is 34.8. The molecule has 1 aliphatic heterocycles. The summed E-state index contributed by atoms with van der Waals surface area (Å²) in [6, 6.07) is 6.40. The van der Waals surface area contributed by atoms with Gasteiger partial charge in [0, 0.05) is 18.5 Å². The highest BCUT2D eigenvalue weighted by molar-refractivity contribution is 7.86. The van der Waals surface area contributed by atoms with E-state index in [0.717, 1.165) is 5.56 Å². The molecular weight excluding hydrogens is 330 g/mol. The lowest BCUT2D eigenvalue weighted by Gasteiger charge is -2.45. The molecule has 0 spiro atoms. The molecule has 1 fully saturated rings. The Labute approximate surface area is 143 Å². The Bertz CT molecular complexity index is 691. The molecule has 7 heteroatoms. The predicted octanol–water partition coefficient (Wildman–Crippen LogP) is 2.96. The smallest absolute Gasteiger partial charge is 0.410 e. The highest BCUT2D eigenvalue weighted by Crippen LogP contribution is 2.28. The van der Waals surface area contributed by atoms with Crippen molar-refractivity contribution in [2.24, 2.45) is 5.92 Å². The van der Waals surface area contributed by atoms with Crippen LogP contribution in [0.15, 0.2) is 29.2 Å². The van der Waals surface area contributed by atoms with E-state index >= 15 is 0 Å². The summed E-state index contributed by atoms with van der Waals surface area (Å²) in [7, 11) is -3.77. The van der Waals surface area contributed by atoms with Crippen LogP contribution in [0, 0.1) is 12.8 Å². The van der Waals surface area contributed by atoms with Gasteiger partial charge in [-0.1, -0.05) is 17.7 Å². The van der Waals surface area contributed by atoms with Gasteiger partial charge < -0.3 is 9.64 Å². The first-order valence-electron chi connectivity index (χ1n) is 7.95. The molecule has 1 saturated heterocycles. The van der Waals surface area contributed by atoms with Crippen molar-refractivity contribution in [3.05, 3.63) is 29.8 Å². The molecule has 1 aromatic rings. The summed E-state index contributed by atoms with van der Waals surface area (Å²) >= 11 is 0. The SMILES string of the molecule is Cc1ccc(S(=O)(=O)OCC2CN(C(=O)OC(C)(C)C)C2C)cc1. The number of nitrogens with zero attached hydrogens (tertiary/aromatic N) is 1. The summed E-state index contributed by atoms with van der Waals surface area (Å²) in [5.74, 6) is -0.0299. The molecule has 2 atom stereocenters. The third-order valence-corrected chi connectivity index (χ3v) is 5.28. The van der Waals surface area contributed by atoms with Crippen LogP contribution in [0.2, 0.25) is 0 Å². The topological polar surface area (TPSA) is 72.9 Å². The van der Waals surface area contributed by atoms with E-state index in [-0.39, 0.29) is 29.6 Å². The van der Waals surface area contributed by atoms with Crippen LogP contribution in [0.4, 0.5) is 4.79 Å². The van der Waals surface area contributed by atoms with Crippen molar-refractivity contribution in [3.8, 4) is 0 Å². The summed E-state index contributed by atoms with van der Waals surface area (Å²) in [6.45, 7) is 9.66. The fourth-order valence-corrected chi connectivity index (χ4v) is 3.35. The summed E-state index contributed by atoms with van der Waals surface area (Å²) in [5, 5.41) is 0. The lowest BCUT2D eigenvalue weighted by molar-refractivity contribution is -0.0339. The molecule has 0 aromatic heterocycles.